The summed E-state index contributed by atoms with van der Waals surface area (Å²) in [6, 6.07) is 19.6. The van der Waals surface area contributed by atoms with E-state index in [1.54, 1.807) is 0 Å². The van der Waals surface area contributed by atoms with Crippen molar-refractivity contribution in [3.63, 3.8) is 0 Å². The SMILES string of the molecule is O=C(CC(CO)N1CCN(c2ccccc2)CC1)Nc1ccccc1. The quantitative estimate of drug-likeness (QED) is 0.847. The molecule has 1 heterocycles. The predicted octanol–water partition coefficient (Wildman–Crippen LogP) is 2.20. The van der Waals surface area contributed by atoms with E-state index in [2.05, 4.69) is 27.2 Å². The zero-order chi connectivity index (χ0) is 17.5. The van der Waals surface area contributed by atoms with E-state index in [4.69, 9.17) is 0 Å². The fourth-order valence-corrected chi connectivity index (χ4v) is 3.24. The Hall–Kier alpha value is -2.37. The lowest BCUT2D eigenvalue weighted by atomic mass is 10.1. The minimum Gasteiger partial charge on any atom is -0.395 e. The molecule has 2 N–H and O–H groups in total. The first-order valence-corrected chi connectivity index (χ1v) is 8.76. The Kier molecular flexibility index (Phi) is 6.04. The minimum absolute atomic E-state index is 0.00640. The first-order chi connectivity index (χ1) is 12.3. The van der Waals surface area contributed by atoms with Gasteiger partial charge in [-0.1, -0.05) is 36.4 Å². The number of aliphatic hydroxyl groups excluding tert-OH is 1. The van der Waals surface area contributed by atoms with Gasteiger partial charge in [0.25, 0.3) is 0 Å². The van der Waals surface area contributed by atoms with Gasteiger partial charge in [0.15, 0.2) is 0 Å². The molecule has 25 heavy (non-hydrogen) atoms. The van der Waals surface area contributed by atoms with Gasteiger partial charge in [-0.15, -0.1) is 0 Å². The number of hydrogen-bond donors (Lipinski definition) is 2. The van der Waals surface area contributed by atoms with E-state index in [9.17, 15) is 9.90 Å². The van der Waals surface area contributed by atoms with E-state index in [0.29, 0.717) is 6.42 Å². The van der Waals surface area contributed by atoms with Crippen molar-refractivity contribution in [1.29, 1.82) is 0 Å². The summed E-state index contributed by atoms with van der Waals surface area (Å²) in [6.45, 7) is 3.49. The zero-order valence-electron chi connectivity index (χ0n) is 14.3. The Morgan fingerprint density at radius 2 is 1.56 bits per heavy atom. The highest BCUT2D eigenvalue weighted by Gasteiger charge is 2.25. The van der Waals surface area contributed by atoms with Crippen LogP contribution in [0.3, 0.4) is 0 Å². The average Bonchev–Trinajstić information content (AvgIpc) is 2.68. The molecule has 1 atom stereocenters. The van der Waals surface area contributed by atoms with Crippen LogP contribution in [0.2, 0.25) is 0 Å². The number of para-hydroxylation sites is 2. The third-order valence-electron chi connectivity index (χ3n) is 4.64. The van der Waals surface area contributed by atoms with Crippen LogP contribution in [0.5, 0.6) is 0 Å². The molecule has 5 nitrogen and oxygen atoms in total. The molecule has 1 fully saturated rings. The molecule has 1 saturated heterocycles. The molecule has 0 saturated carbocycles. The maximum absolute atomic E-state index is 12.3. The zero-order valence-corrected chi connectivity index (χ0v) is 14.3. The molecule has 132 valence electrons. The molecule has 1 amide bonds. The average molecular weight is 339 g/mol. The van der Waals surface area contributed by atoms with Crippen LogP contribution < -0.4 is 10.2 Å². The normalized spacial score (nSPS) is 16.4. The van der Waals surface area contributed by atoms with Crippen molar-refractivity contribution in [2.75, 3.05) is 43.0 Å². The monoisotopic (exact) mass is 339 g/mol. The third kappa shape index (κ3) is 4.81. The molecule has 1 aliphatic rings. The first-order valence-electron chi connectivity index (χ1n) is 8.76. The van der Waals surface area contributed by atoms with Crippen molar-refractivity contribution in [3.05, 3.63) is 60.7 Å². The lowest BCUT2D eigenvalue weighted by molar-refractivity contribution is -0.117. The van der Waals surface area contributed by atoms with Crippen LogP contribution >= 0.6 is 0 Å². The van der Waals surface area contributed by atoms with E-state index in [-0.39, 0.29) is 18.6 Å². The summed E-state index contributed by atoms with van der Waals surface area (Å²) in [6.07, 6.45) is 0.302. The number of carbonyl (C=O) groups is 1. The van der Waals surface area contributed by atoms with E-state index in [1.807, 2.05) is 48.5 Å². The highest BCUT2D eigenvalue weighted by molar-refractivity contribution is 5.91. The van der Waals surface area contributed by atoms with Gasteiger partial charge >= 0.3 is 0 Å². The maximum Gasteiger partial charge on any atom is 0.226 e. The molecule has 2 aromatic carbocycles. The lowest BCUT2D eigenvalue weighted by Gasteiger charge is -2.39. The van der Waals surface area contributed by atoms with Crippen LogP contribution in [0.15, 0.2) is 60.7 Å². The van der Waals surface area contributed by atoms with Crippen molar-refractivity contribution in [2.45, 2.75) is 12.5 Å². The Morgan fingerprint density at radius 1 is 0.960 bits per heavy atom. The summed E-state index contributed by atoms with van der Waals surface area (Å²) in [4.78, 5) is 16.8. The van der Waals surface area contributed by atoms with Crippen LogP contribution in [0.25, 0.3) is 0 Å². The summed E-state index contributed by atoms with van der Waals surface area (Å²) in [5.41, 5.74) is 2.02. The van der Waals surface area contributed by atoms with Crippen LogP contribution in [0, 0.1) is 0 Å². The Balaban J connectivity index is 1.51. The number of rotatable bonds is 6. The van der Waals surface area contributed by atoms with Crippen molar-refractivity contribution in [2.24, 2.45) is 0 Å². The summed E-state index contributed by atoms with van der Waals surface area (Å²) >= 11 is 0. The van der Waals surface area contributed by atoms with E-state index in [0.717, 1.165) is 31.9 Å². The van der Waals surface area contributed by atoms with Crippen molar-refractivity contribution >= 4 is 17.3 Å². The van der Waals surface area contributed by atoms with Gasteiger partial charge in [0.1, 0.15) is 0 Å². The molecule has 2 aromatic rings. The standard InChI is InChI=1S/C20H25N3O2/c24-16-19(15-20(25)21-17-7-3-1-4-8-17)23-13-11-22(12-14-23)18-9-5-2-6-10-18/h1-10,19,24H,11-16H2,(H,21,25). The second-order valence-electron chi connectivity index (χ2n) is 6.31. The number of nitrogens with zero attached hydrogens (tertiary/aromatic N) is 2. The van der Waals surface area contributed by atoms with Gasteiger partial charge in [0.05, 0.1) is 6.61 Å². The molecule has 1 aliphatic heterocycles. The van der Waals surface area contributed by atoms with Crippen LogP contribution in [0.1, 0.15) is 6.42 Å². The van der Waals surface area contributed by atoms with Crippen molar-refractivity contribution < 1.29 is 9.90 Å². The number of nitrogens with one attached hydrogen (secondary N) is 1. The molecular weight excluding hydrogens is 314 g/mol. The number of amides is 1. The van der Waals surface area contributed by atoms with Crippen molar-refractivity contribution in [3.8, 4) is 0 Å². The first kappa shape index (κ1) is 17.5. The molecule has 1 unspecified atom stereocenters. The fraction of sp³-hybridized carbons (Fsp3) is 0.350. The third-order valence-corrected chi connectivity index (χ3v) is 4.64. The Morgan fingerprint density at radius 3 is 2.16 bits per heavy atom. The van der Waals surface area contributed by atoms with Crippen LogP contribution in [-0.2, 0) is 4.79 Å². The summed E-state index contributed by atoms with van der Waals surface area (Å²) in [5.74, 6) is -0.0595. The Bertz CT molecular complexity index is 655. The summed E-state index contributed by atoms with van der Waals surface area (Å²) < 4.78 is 0. The smallest absolute Gasteiger partial charge is 0.226 e. The molecule has 0 aromatic heterocycles. The van der Waals surface area contributed by atoms with E-state index < -0.39 is 0 Å². The molecule has 3 rings (SSSR count). The molecule has 0 spiro atoms. The highest BCUT2D eigenvalue weighted by Crippen LogP contribution is 2.17. The number of anilines is 2. The molecule has 0 bridgehead atoms. The molecular formula is C20H25N3O2. The second-order valence-corrected chi connectivity index (χ2v) is 6.31. The fourth-order valence-electron chi connectivity index (χ4n) is 3.24. The van der Waals surface area contributed by atoms with Gasteiger partial charge in [0, 0.05) is 50.0 Å². The van der Waals surface area contributed by atoms with Gasteiger partial charge in [-0.2, -0.15) is 0 Å². The number of carbonyl (C=O) groups excluding carboxylic acids is 1. The lowest BCUT2D eigenvalue weighted by Crippen LogP contribution is -2.52. The van der Waals surface area contributed by atoms with E-state index >= 15 is 0 Å². The summed E-state index contributed by atoms with van der Waals surface area (Å²) in [5, 5.41) is 12.6. The highest BCUT2D eigenvalue weighted by atomic mass is 16.3. The van der Waals surface area contributed by atoms with Gasteiger partial charge in [-0.3, -0.25) is 9.69 Å². The summed E-state index contributed by atoms with van der Waals surface area (Å²) in [7, 11) is 0. The largest absolute Gasteiger partial charge is 0.395 e. The molecule has 5 heteroatoms. The van der Waals surface area contributed by atoms with Gasteiger partial charge in [-0.25, -0.2) is 0 Å². The second kappa shape index (κ2) is 8.65. The maximum atomic E-state index is 12.3. The molecule has 0 aliphatic carbocycles. The molecule has 0 radical (unpaired) electrons. The topological polar surface area (TPSA) is 55.8 Å². The number of hydrogen-bond acceptors (Lipinski definition) is 4. The predicted molar refractivity (Wildman–Crippen MR) is 101 cm³/mol. The van der Waals surface area contributed by atoms with Crippen LogP contribution in [0.4, 0.5) is 11.4 Å². The number of benzene rings is 2. The Labute approximate surface area is 148 Å². The van der Waals surface area contributed by atoms with Gasteiger partial charge < -0.3 is 15.3 Å². The number of piperazine rings is 1. The van der Waals surface area contributed by atoms with Crippen LogP contribution in [-0.4, -0.2) is 54.7 Å². The van der Waals surface area contributed by atoms with Crippen molar-refractivity contribution in [1.82, 2.24) is 4.90 Å². The van der Waals surface area contributed by atoms with Gasteiger partial charge in [0.2, 0.25) is 5.91 Å². The van der Waals surface area contributed by atoms with E-state index in [1.165, 1.54) is 5.69 Å². The minimum atomic E-state index is -0.137. The van der Waals surface area contributed by atoms with Gasteiger partial charge in [-0.05, 0) is 24.3 Å². The number of aliphatic hydroxyl groups is 1.